The molecule has 0 radical (unpaired) electrons. The van der Waals surface area contributed by atoms with Crippen molar-refractivity contribution in [1.82, 2.24) is 5.32 Å². The summed E-state index contributed by atoms with van der Waals surface area (Å²) < 4.78 is 19.9. The van der Waals surface area contributed by atoms with E-state index in [0.29, 0.717) is 6.10 Å². The Hall–Kier alpha value is -1.39. The van der Waals surface area contributed by atoms with Crippen LogP contribution in [0.15, 0.2) is 46.9 Å². The van der Waals surface area contributed by atoms with E-state index in [4.69, 9.17) is 4.74 Å². The fourth-order valence-electron chi connectivity index (χ4n) is 2.38. The van der Waals surface area contributed by atoms with Crippen LogP contribution in [0.4, 0.5) is 4.39 Å². The smallest absolute Gasteiger partial charge is 0.124 e. The van der Waals surface area contributed by atoms with Gasteiger partial charge in [0.1, 0.15) is 11.6 Å². The van der Waals surface area contributed by atoms with Gasteiger partial charge in [0.2, 0.25) is 0 Å². The lowest BCUT2D eigenvalue weighted by molar-refractivity contribution is 0.302. The monoisotopic (exact) mass is 349 g/mol. The highest BCUT2D eigenvalue weighted by molar-refractivity contribution is 9.10. The van der Waals surface area contributed by atoms with E-state index in [1.54, 1.807) is 6.07 Å². The van der Waals surface area contributed by atoms with Gasteiger partial charge in [-0.25, -0.2) is 4.39 Å². The second kappa shape index (κ2) is 6.16. The van der Waals surface area contributed by atoms with E-state index in [0.717, 1.165) is 34.2 Å². The summed E-state index contributed by atoms with van der Waals surface area (Å²) in [5, 5.41) is 3.28. The maximum atomic E-state index is 13.3. The largest absolute Gasteiger partial charge is 0.490 e. The third kappa shape index (κ3) is 3.44. The third-order valence-electron chi connectivity index (χ3n) is 3.58. The van der Waals surface area contributed by atoms with Gasteiger partial charge in [0, 0.05) is 4.47 Å². The quantitative estimate of drug-likeness (QED) is 0.861. The van der Waals surface area contributed by atoms with Crippen LogP contribution < -0.4 is 10.1 Å². The highest BCUT2D eigenvalue weighted by atomic mass is 79.9. The van der Waals surface area contributed by atoms with Gasteiger partial charge in [-0.15, -0.1) is 0 Å². The van der Waals surface area contributed by atoms with Gasteiger partial charge in [-0.1, -0.05) is 34.1 Å². The first-order valence-electron chi connectivity index (χ1n) is 7.06. The summed E-state index contributed by atoms with van der Waals surface area (Å²) in [7, 11) is 1.90. The topological polar surface area (TPSA) is 21.3 Å². The lowest BCUT2D eigenvalue weighted by Gasteiger charge is -2.19. The molecular weight excluding hydrogens is 333 g/mol. The molecule has 2 nitrogen and oxygen atoms in total. The lowest BCUT2D eigenvalue weighted by atomic mass is 9.98. The first kappa shape index (κ1) is 14.5. The molecule has 0 amide bonds. The van der Waals surface area contributed by atoms with Crippen molar-refractivity contribution in [3.8, 4) is 5.75 Å². The number of hydrogen-bond acceptors (Lipinski definition) is 2. The zero-order valence-corrected chi connectivity index (χ0v) is 13.4. The third-order valence-corrected chi connectivity index (χ3v) is 4.27. The summed E-state index contributed by atoms with van der Waals surface area (Å²) in [6.45, 7) is 0. The molecule has 3 rings (SSSR count). The Labute approximate surface area is 132 Å². The van der Waals surface area contributed by atoms with E-state index in [1.165, 1.54) is 12.1 Å². The van der Waals surface area contributed by atoms with Crippen LogP contribution in [0.5, 0.6) is 5.75 Å². The fourth-order valence-corrected chi connectivity index (χ4v) is 2.96. The SMILES string of the molecule is CNC(c1cccc(OC2CC2)c1)c1ccc(F)cc1Br. The standard InChI is InChI=1S/C17H17BrFNO/c1-20-17(15-8-5-12(19)10-16(15)18)11-3-2-4-14(9-11)21-13-6-7-13/h2-5,8-10,13,17,20H,6-7H2,1H3. The number of halogens is 2. The minimum absolute atomic E-state index is 0.0114. The molecule has 0 heterocycles. The zero-order chi connectivity index (χ0) is 14.8. The Morgan fingerprint density at radius 3 is 2.71 bits per heavy atom. The molecule has 1 atom stereocenters. The van der Waals surface area contributed by atoms with Crippen LogP contribution in [0.25, 0.3) is 0 Å². The van der Waals surface area contributed by atoms with Gasteiger partial charge in [-0.2, -0.15) is 0 Å². The molecule has 1 saturated carbocycles. The average molecular weight is 350 g/mol. The Morgan fingerprint density at radius 1 is 1.24 bits per heavy atom. The van der Waals surface area contributed by atoms with Crippen molar-refractivity contribution in [2.45, 2.75) is 25.0 Å². The Morgan fingerprint density at radius 2 is 2.05 bits per heavy atom. The predicted molar refractivity (Wildman–Crippen MR) is 85.1 cm³/mol. The van der Waals surface area contributed by atoms with Crippen LogP contribution in [0.2, 0.25) is 0 Å². The van der Waals surface area contributed by atoms with Gasteiger partial charge in [-0.3, -0.25) is 0 Å². The van der Waals surface area contributed by atoms with Crippen molar-refractivity contribution < 1.29 is 9.13 Å². The molecule has 1 fully saturated rings. The molecule has 0 aliphatic heterocycles. The molecule has 2 aromatic rings. The molecule has 1 unspecified atom stereocenters. The summed E-state index contributed by atoms with van der Waals surface area (Å²) in [6.07, 6.45) is 2.66. The summed E-state index contributed by atoms with van der Waals surface area (Å²) in [5.74, 6) is 0.653. The minimum atomic E-state index is -0.244. The van der Waals surface area contributed by atoms with E-state index in [-0.39, 0.29) is 11.9 Å². The van der Waals surface area contributed by atoms with Crippen molar-refractivity contribution in [3.63, 3.8) is 0 Å². The number of ether oxygens (including phenoxy) is 1. The van der Waals surface area contributed by atoms with Crippen molar-refractivity contribution in [3.05, 3.63) is 63.9 Å². The lowest BCUT2D eigenvalue weighted by Crippen LogP contribution is -2.18. The Kier molecular flexibility index (Phi) is 4.27. The van der Waals surface area contributed by atoms with E-state index in [1.807, 2.05) is 19.2 Å². The molecule has 0 aromatic heterocycles. The number of rotatable bonds is 5. The molecular formula is C17H17BrFNO. The fraction of sp³-hybridized carbons (Fsp3) is 0.294. The highest BCUT2D eigenvalue weighted by Gasteiger charge is 2.24. The van der Waals surface area contributed by atoms with E-state index < -0.39 is 0 Å². The maximum absolute atomic E-state index is 13.3. The van der Waals surface area contributed by atoms with Gasteiger partial charge in [0.15, 0.2) is 0 Å². The number of hydrogen-bond donors (Lipinski definition) is 1. The molecule has 110 valence electrons. The predicted octanol–water partition coefficient (Wildman–Crippen LogP) is 4.44. The van der Waals surface area contributed by atoms with Gasteiger partial charge in [0.05, 0.1) is 12.1 Å². The van der Waals surface area contributed by atoms with Gasteiger partial charge in [0.25, 0.3) is 0 Å². The van der Waals surface area contributed by atoms with Gasteiger partial charge >= 0.3 is 0 Å². The van der Waals surface area contributed by atoms with Crippen molar-refractivity contribution in [1.29, 1.82) is 0 Å². The first-order chi connectivity index (χ1) is 10.2. The Balaban J connectivity index is 1.91. The van der Waals surface area contributed by atoms with Gasteiger partial charge < -0.3 is 10.1 Å². The summed E-state index contributed by atoms with van der Waals surface area (Å²) in [5.41, 5.74) is 2.10. The van der Waals surface area contributed by atoms with Crippen LogP contribution >= 0.6 is 15.9 Å². The second-order valence-corrected chi connectivity index (χ2v) is 6.13. The van der Waals surface area contributed by atoms with Crippen LogP contribution in [-0.2, 0) is 0 Å². The molecule has 1 N–H and O–H groups in total. The van der Waals surface area contributed by atoms with E-state index in [9.17, 15) is 4.39 Å². The normalized spacial score (nSPS) is 15.8. The van der Waals surface area contributed by atoms with Crippen LogP contribution in [0, 0.1) is 5.82 Å². The molecule has 1 aliphatic carbocycles. The zero-order valence-electron chi connectivity index (χ0n) is 11.8. The minimum Gasteiger partial charge on any atom is -0.490 e. The number of nitrogens with one attached hydrogen (secondary N) is 1. The van der Waals surface area contributed by atoms with Crippen LogP contribution in [-0.4, -0.2) is 13.2 Å². The highest BCUT2D eigenvalue weighted by Crippen LogP contribution is 2.32. The molecule has 1 aliphatic rings. The Bertz CT molecular complexity index is 642. The van der Waals surface area contributed by atoms with Crippen molar-refractivity contribution in [2.75, 3.05) is 7.05 Å². The van der Waals surface area contributed by atoms with E-state index >= 15 is 0 Å². The second-order valence-electron chi connectivity index (χ2n) is 5.28. The number of benzene rings is 2. The van der Waals surface area contributed by atoms with Crippen LogP contribution in [0.1, 0.15) is 30.0 Å². The summed E-state index contributed by atoms with van der Waals surface area (Å²) in [4.78, 5) is 0. The van der Waals surface area contributed by atoms with Crippen molar-refractivity contribution >= 4 is 15.9 Å². The van der Waals surface area contributed by atoms with E-state index in [2.05, 4.69) is 33.4 Å². The van der Waals surface area contributed by atoms with Crippen molar-refractivity contribution in [2.24, 2.45) is 0 Å². The molecule has 0 saturated heterocycles. The molecule has 0 bridgehead atoms. The molecule has 0 spiro atoms. The first-order valence-corrected chi connectivity index (χ1v) is 7.85. The molecule has 4 heteroatoms. The maximum Gasteiger partial charge on any atom is 0.124 e. The summed E-state index contributed by atoms with van der Waals surface area (Å²) >= 11 is 3.44. The van der Waals surface area contributed by atoms with Gasteiger partial charge in [-0.05, 0) is 55.3 Å². The average Bonchev–Trinajstić information content (AvgIpc) is 3.26. The summed E-state index contributed by atoms with van der Waals surface area (Å²) in [6, 6.07) is 12.8. The molecule has 2 aromatic carbocycles. The molecule has 21 heavy (non-hydrogen) atoms. The van der Waals surface area contributed by atoms with Crippen LogP contribution in [0.3, 0.4) is 0 Å².